The topological polar surface area (TPSA) is 21.6 Å². The second-order valence-corrected chi connectivity index (χ2v) is 6.33. The van der Waals surface area contributed by atoms with Crippen LogP contribution in [0.1, 0.15) is 30.0 Å². The van der Waals surface area contributed by atoms with Gasteiger partial charge in [0.1, 0.15) is 6.61 Å². The molecule has 0 atom stereocenters. The van der Waals surface area contributed by atoms with E-state index in [4.69, 9.17) is 16.4 Å². The van der Waals surface area contributed by atoms with E-state index in [0.29, 0.717) is 0 Å². The Kier molecular flexibility index (Phi) is 6.29. The van der Waals surface area contributed by atoms with Crippen LogP contribution in [0.4, 0.5) is 13.2 Å². The summed E-state index contributed by atoms with van der Waals surface area (Å²) in [7, 11) is 0. The van der Waals surface area contributed by atoms with Crippen molar-refractivity contribution in [3.05, 3.63) is 68.7 Å². The van der Waals surface area contributed by atoms with E-state index in [1.165, 1.54) is 12.1 Å². The van der Waals surface area contributed by atoms with Crippen LogP contribution in [0.5, 0.6) is 0 Å². The standard InChI is InChI=1S/C17H14BrClF3NO/c1-2-16(23-24-10-11-3-5-12(18)6-4-11)14-9-13(19)7-8-15(14)17(20,21)22/h3-9H,2,10H2,1H3/b23-16+. The second kappa shape index (κ2) is 8.03. The third kappa shape index (κ3) is 4.98. The molecule has 0 unspecified atom stereocenters. The maximum atomic E-state index is 13.2. The molecule has 0 saturated heterocycles. The fraction of sp³-hybridized carbons (Fsp3) is 0.235. The fourth-order valence-electron chi connectivity index (χ4n) is 2.07. The van der Waals surface area contributed by atoms with Gasteiger partial charge in [-0.1, -0.05) is 51.7 Å². The van der Waals surface area contributed by atoms with Gasteiger partial charge in [-0.05, 0) is 42.3 Å². The van der Waals surface area contributed by atoms with Gasteiger partial charge in [0.2, 0.25) is 0 Å². The van der Waals surface area contributed by atoms with Crippen molar-refractivity contribution < 1.29 is 18.0 Å². The van der Waals surface area contributed by atoms with Crippen LogP contribution in [0, 0.1) is 0 Å². The van der Waals surface area contributed by atoms with E-state index in [1.54, 1.807) is 6.92 Å². The molecule has 0 aliphatic heterocycles. The highest BCUT2D eigenvalue weighted by atomic mass is 79.9. The van der Waals surface area contributed by atoms with Gasteiger partial charge in [0, 0.05) is 15.1 Å². The predicted molar refractivity (Wildman–Crippen MR) is 92.2 cm³/mol. The third-order valence-corrected chi connectivity index (χ3v) is 4.02. The molecule has 0 fully saturated rings. The number of rotatable bonds is 5. The summed E-state index contributed by atoms with van der Waals surface area (Å²) in [5.41, 5.74) is 0.217. The van der Waals surface area contributed by atoms with Crippen LogP contribution < -0.4 is 0 Å². The molecule has 2 rings (SSSR count). The van der Waals surface area contributed by atoms with E-state index in [9.17, 15) is 13.2 Å². The molecule has 2 nitrogen and oxygen atoms in total. The maximum Gasteiger partial charge on any atom is 0.417 e. The van der Waals surface area contributed by atoms with E-state index in [0.717, 1.165) is 16.1 Å². The lowest BCUT2D eigenvalue weighted by Crippen LogP contribution is -2.13. The molecule has 0 heterocycles. The van der Waals surface area contributed by atoms with Gasteiger partial charge in [-0.3, -0.25) is 0 Å². The predicted octanol–water partition coefficient (Wildman–Crippen LogP) is 6.45. The van der Waals surface area contributed by atoms with Crippen LogP contribution in [0.25, 0.3) is 0 Å². The zero-order valence-corrected chi connectivity index (χ0v) is 15.0. The first-order valence-corrected chi connectivity index (χ1v) is 8.28. The molecule has 24 heavy (non-hydrogen) atoms. The van der Waals surface area contributed by atoms with E-state index < -0.39 is 11.7 Å². The summed E-state index contributed by atoms with van der Waals surface area (Å²) >= 11 is 9.17. The van der Waals surface area contributed by atoms with Crippen LogP contribution in [0.2, 0.25) is 5.02 Å². The van der Waals surface area contributed by atoms with E-state index >= 15 is 0 Å². The van der Waals surface area contributed by atoms with Gasteiger partial charge >= 0.3 is 6.18 Å². The Labute approximate surface area is 151 Å². The van der Waals surface area contributed by atoms with Gasteiger partial charge in [-0.15, -0.1) is 0 Å². The molecule has 0 aliphatic rings. The molecule has 0 bridgehead atoms. The molecular formula is C17H14BrClF3NO. The molecule has 0 aliphatic carbocycles. The molecule has 0 spiro atoms. The summed E-state index contributed by atoms with van der Waals surface area (Å²) in [6.07, 6.45) is -4.20. The Morgan fingerprint density at radius 2 is 1.83 bits per heavy atom. The van der Waals surface area contributed by atoms with Crippen molar-refractivity contribution in [1.82, 2.24) is 0 Å². The lowest BCUT2D eigenvalue weighted by Gasteiger charge is -2.14. The molecule has 0 aromatic heterocycles. The van der Waals surface area contributed by atoms with Crippen LogP contribution in [-0.2, 0) is 17.6 Å². The zero-order valence-electron chi connectivity index (χ0n) is 12.7. The molecule has 0 amide bonds. The number of nitrogens with zero attached hydrogens (tertiary/aromatic N) is 1. The molecule has 0 N–H and O–H groups in total. The SMILES string of the molecule is CC/C(=N\OCc1ccc(Br)cc1)c1cc(Cl)ccc1C(F)(F)F. The van der Waals surface area contributed by atoms with Crippen molar-refractivity contribution >= 4 is 33.2 Å². The first kappa shape index (κ1) is 18.8. The van der Waals surface area contributed by atoms with Gasteiger partial charge in [0.15, 0.2) is 0 Å². The van der Waals surface area contributed by atoms with Crippen molar-refractivity contribution in [3.8, 4) is 0 Å². The molecule has 128 valence electrons. The van der Waals surface area contributed by atoms with Crippen molar-refractivity contribution in [2.45, 2.75) is 26.1 Å². The number of benzene rings is 2. The van der Waals surface area contributed by atoms with Crippen LogP contribution >= 0.6 is 27.5 Å². The van der Waals surface area contributed by atoms with E-state index in [2.05, 4.69) is 21.1 Å². The highest BCUT2D eigenvalue weighted by molar-refractivity contribution is 9.10. The molecule has 0 saturated carbocycles. The van der Waals surface area contributed by atoms with Crippen molar-refractivity contribution in [1.29, 1.82) is 0 Å². The Balaban J connectivity index is 2.24. The van der Waals surface area contributed by atoms with Crippen LogP contribution in [-0.4, -0.2) is 5.71 Å². The van der Waals surface area contributed by atoms with Crippen molar-refractivity contribution in [2.75, 3.05) is 0 Å². The summed E-state index contributed by atoms with van der Waals surface area (Å²) in [6.45, 7) is 1.88. The monoisotopic (exact) mass is 419 g/mol. The molecular weight excluding hydrogens is 407 g/mol. The third-order valence-electron chi connectivity index (χ3n) is 3.25. The lowest BCUT2D eigenvalue weighted by atomic mass is 10.0. The lowest BCUT2D eigenvalue weighted by molar-refractivity contribution is -0.137. The Bertz CT molecular complexity index is 730. The zero-order chi connectivity index (χ0) is 17.7. The number of hydrogen-bond donors (Lipinski definition) is 0. The van der Waals surface area contributed by atoms with Crippen molar-refractivity contribution in [2.24, 2.45) is 5.16 Å². The van der Waals surface area contributed by atoms with Gasteiger partial charge in [0.25, 0.3) is 0 Å². The number of halogens is 5. The molecule has 2 aromatic carbocycles. The van der Waals surface area contributed by atoms with E-state index in [-0.39, 0.29) is 29.3 Å². The Morgan fingerprint density at radius 1 is 1.17 bits per heavy atom. The highest BCUT2D eigenvalue weighted by Gasteiger charge is 2.34. The average Bonchev–Trinajstić information content (AvgIpc) is 2.52. The van der Waals surface area contributed by atoms with Crippen LogP contribution in [0.3, 0.4) is 0 Å². The molecule has 2 aromatic rings. The van der Waals surface area contributed by atoms with Gasteiger partial charge in [0.05, 0.1) is 11.3 Å². The summed E-state index contributed by atoms with van der Waals surface area (Å²) in [5.74, 6) is 0. The minimum Gasteiger partial charge on any atom is -0.391 e. The van der Waals surface area contributed by atoms with E-state index in [1.807, 2.05) is 24.3 Å². The molecule has 0 radical (unpaired) electrons. The van der Waals surface area contributed by atoms with Gasteiger partial charge in [-0.25, -0.2) is 0 Å². The largest absolute Gasteiger partial charge is 0.417 e. The maximum absolute atomic E-state index is 13.2. The average molecular weight is 421 g/mol. The first-order chi connectivity index (χ1) is 11.3. The number of alkyl halides is 3. The Hall–Kier alpha value is -1.53. The summed E-state index contributed by atoms with van der Waals surface area (Å²) < 4.78 is 40.4. The first-order valence-electron chi connectivity index (χ1n) is 7.11. The fourth-order valence-corrected chi connectivity index (χ4v) is 2.51. The Morgan fingerprint density at radius 3 is 2.42 bits per heavy atom. The van der Waals surface area contributed by atoms with Gasteiger partial charge in [-0.2, -0.15) is 13.2 Å². The van der Waals surface area contributed by atoms with Crippen molar-refractivity contribution in [3.63, 3.8) is 0 Å². The smallest absolute Gasteiger partial charge is 0.391 e. The number of hydrogen-bond acceptors (Lipinski definition) is 2. The normalized spacial score (nSPS) is 12.3. The van der Waals surface area contributed by atoms with Crippen LogP contribution in [0.15, 0.2) is 52.1 Å². The summed E-state index contributed by atoms with van der Waals surface area (Å²) in [4.78, 5) is 5.24. The number of oxime groups is 1. The summed E-state index contributed by atoms with van der Waals surface area (Å²) in [5, 5.41) is 4.11. The van der Waals surface area contributed by atoms with Gasteiger partial charge < -0.3 is 4.84 Å². The highest BCUT2D eigenvalue weighted by Crippen LogP contribution is 2.34. The second-order valence-electron chi connectivity index (χ2n) is 4.98. The molecule has 7 heteroatoms. The quantitative estimate of drug-likeness (QED) is 0.402. The minimum atomic E-state index is -4.48. The summed E-state index contributed by atoms with van der Waals surface area (Å²) in [6, 6.07) is 10.8. The minimum absolute atomic E-state index is 0.0618.